The molecule has 6 nitrogen and oxygen atoms in total. The second-order valence-electron chi connectivity index (χ2n) is 3.91. The van der Waals surface area contributed by atoms with Gasteiger partial charge in [-0.1, -0.05) is 12.1 Å². The normalized spacial score (nSPS) is 10.0. The smallest absolute Gasteiger partial charge is 0.337 e. The average molecular weight is 291 g/mol. The molecule has 0 saturated carbocycles. The topological polar surface area (TPSA) is 91.3 Å². The van der Waals surface area contributed by atoms with Gasteiger partial charge in [0.25, 0.3) is 0 Å². The van der Waals surface area contributed by atoms with E-state index in [4.69, 9.17) is 5.11 Å². The van der Waals surface area contributed by atoms with E-state index in [2.05, 4.69) is 15.6 Å². The van der Waals surface area contributed by atoms with Crippen molar-refractivity contribution in [3.63, 3.8) is 0 Å². The summed E-state index contributed by atoms with van der Waals surface area (Å²) >= 11 is 1.52. The number of para-hydroxylation sites is 1. The number of anilines is 1. The molecule has 0 atom stereocenters. The van der Waals surface area contributed by atoms with Crippen molar-refractivity contribution in [1.82, 2.24) is 10.3 Å². The zero-order chi connectivity index (χ0) is 14.4. The SMILES string of the molecule is O=C(NCCc1nccs1)Nc1ccccc1C(=O)O. The lowest BCUT2D eigenvalue weighted by Crippen LogP contribution is -2.31. The monoisotopic (exact) mass is 291 g/mol. The minimum atomic E-state index is -1.08. The molecule has 0 aliphatic rings. The first-order chi connectivity index (χ1) is 9.66. The van der Waals surface area contributed by atoms with E-state index in [9.17, 15) is 9.59 Å². The van der Waals surface area contributed by atoms with Crippen LogP contribution < -0.4 is 10.6 Å². The Morgan fingerprint density at radius 1 is 1.30 bits per heavy atom. The van der Waals surface area contributed by atoms with Crippen molar-refractivity contribution in [2.24, 2.45) is 0 Å². The number of nitrogens with one attached hydrogen (secondary N) is 2. The number of thiazole rings is 1. The number of benzene rings is 1. The molecule has 1 heterocycles. The highest BCUT2D eigenvalue weighted by atomic mass is 32.1. The summed E-state index contributed by atoms with van der Waals surface area (Å²) in [6.45, 7) is 0.439. The first kappa shape index (κ1) is 14.0. The Morgan fingerprint density at radius 2 is 2.10 bits per heavy atom. The number of carboxylic acids is 1. The van der Waals surface area contributed by atoms with Crippen molar-refractivity contribution in [2.45, 2.75) is 6.42 Å². The highest BCUT2D eigenvalue weighted by Crippen LogP contribution is 2.14. The van der Waals surface area contributed by atoms with E-state index < -0.39 is 12.0 Å². The molecule has 0 aliphatic carbocycles. The molecule has 1 aromatic carbocycles. The van der Waals surface area contributed by atoms with Gasteiger partial charge in [-0.15, -0.1) is 11.3 Å². The Bertz CT molecular complexity index is 599. The Kier molecular flexibility index (Phi) is 4.67. The Hall–Kier alpha value is -2.41. The fraction of sp³-hybridized carbons (Fsp3) is 0.154. The number of hydrogen-bond donors (Lipinski definition) is 3. The van der Waals surface area contributed by atoms with E-state index in [1.54, 1.807) is 24.4 Å². The summed E-state index contributed by atoms with van der Waals surface area (Å²) in [6.07, 6.45) is 2.36. The van der Waals surface area contributed by atoms with Crippen LogP contribution in [0.25, 0.3) is 0 Å². The maximum Gasteiger partial charge on any atom is 0.337 e. The lowest BCUT2D eigenvalue weighted by atomic mass is 10.2. The highest BCUT2D eigenvalue weighted by Gasteiger charge is 2.11. The zero-order valence-corrected chi connectivity index (χ0v) is 11.3. The van der Waals surface area contributed by atoms with Crippen molar-refractivity contribution in [2.75, 3.05) is 11.9 Å². The first-order valence-corrected chi connectivity index (χ1v) is 6.80. The molecular weight excluding hydrogens is 278 g/mol. The van der Waals surface area contributed by atoms with Gasteiger partial charge in [0.1, 0.15) is 0 Å². The molecule has 0 aliphatic heterocycles. The molecule has 20 heavy (non-hydrogen) atoms. The van der Waals surface area contributed by atoms with Crippen LogP contribution in [-0.2, 0) is 6.42 Å². The first-order valence-electron chi connectivity index (χ1n) is 5.92. The van der Waals surface area contributed by atoms with E-state index in [-0.39, 0.29) is 11.3 Å². The van der Waals surface area contributed by atoms with Gasteiger partial charge in [0.15, 0.2) is 0 Å². The second-order valence-corrected chi connectivity index (χ2v) is 4.89. The van der Waals surface area contributed by atoms with Crippen molar-refractivity contribution >= 4 is 29.0 Å². The number of hydrogen-bond acceptors (Lipinski definition) is 4. The van der Waals surface area contributed by atoms with Gasteiger partial charge in [0, 0.05) is 24.5 Å². The number of carboxylic acid groups (broad SMARTS) is 1. The van der Waals surface area contributed by atoms with Crippen LogP contribution in [0.1, 0.15) is 15.4 Å². The van der Waals surface area contributed by atoms with Gasteiger partial charge in [-0.2, -0.15) is 0 Å². The zero-order valence-electron chi connectivity index (χ0n) is 10.5. The molecule has 1 aromatic heterocycles. The van der Waals surface area contributed by atoms with E-state index in [0.717, 1.165) is 5.01 Å². The number of carbonyl (C=O) groups is 2. The molecule has 0 radical (unpaired) electrons. The summed E-state index contributed by atoms with van der Waals surface area (Å²) in [4.78, 5) is 26.8. The van der Waals surface area contributed by atoms with Gasteiger partial charge in [0.2, 0.25) is 0 Å². The van der Waals surface area contributed by atoms with Crippen molar-refractivity contribution in [3.8, 4) is 0 Å². The van der Waals surface area contributed by atoms with Gasteiger partial charge in [-0.05, 0) is 12.1 Å². The molecule has 104 valence electrons. The largest absolute Gasteiger partial charge is 0.478 e. The molecule has 0 bridgehead atoms. The van der Waals surface area contributed by atoms with Crippen LogP contribution in [0, 0.1) is 0 Å². The minimum Gasteiger partial charge on any atom is -0.478 e. The minimum absolute atomic E-state index is 0.0579. The molecule has 7 heteroatoms. The summed E-state index contributed by atoms with van der Waals surface area (Å²) in [5, 5.41) is 17.0. The van der Waals surface area contributed by atoms with Crippen LogP contribution in [-0.4, -0.2) is 28.6 Å². The average Bonchev–Trinajstić information content (AvgIpc) is 2.92. The number of amides is 2. The summed E-state index contributed by atoms with van der Waals surface area (Å²) in [5.74, 6) is -1.08. The van der Waals surface area contributed by atoms with Gasteiger partial charge in [-0.3, -0.25) is 0 Å². The lowest BCUT2D eigenvalue weighted by molar-refractivity contribution is 0.0698. The summed E-state index contributed by atoms with van der Waals surface area (Å²) in [6, 6.07) is 5.82. The third-order valence-corrected chi connectivity index (χ3v) is 3.35. The summed E-state index contributed by atoms with van der Waals surface area (Å²) in [5.41, 5.74) is 0.328. The fourth-order valence-electron chi connectivity index (χ4n) is 1.60. The molecule has 0 unspecified atom stereocenters. The number of carbonyl (C=O) groups excluding carboxylic acids is 1. The molecule has 2 amide bonds. The molecule has 0 fully saturated rings. The van der Waals surface area contributed by atoms with Crippen LogP contribution in [0.3, 0.4) is 0 Å². The van der Waals surface area contributed by atoms with Gasteiger partial charge in [-0.25, -0.2) is 14.6 Å². The van der Waals surface area contributed by atoms with Crippen LogP contribution in [0.15, 0.2) is 35.8 Å². The molecular formula is C13H13N3O3S. The fourth-order valence-corrected chi connectivity index (χ4v) is 2.22. The summed E-state index contributed by atoms with van der Waals surface area (Å²) < 4.78 is 0. The van der Waals surface area contributed by atoms with Crippen molar-refractivity contribution in [1.29, 1.82) is 0 Å². The highest BCUT2D eigenvalue weighted by molar-refractivity contribution is 7.09. The molecule has 2 aromatic rings. The quantitative estimate of drug-likeness (QED) is 0.787. The molecule has 0 saturated heterocycles. The van der Waals surface area contributed by atoms with Crippen LogP contribution in [0.2, 0.25) is 0 Å². The number of aromatic carboxylic acids is 1. The predicted molar refractivity (Wildman–Crippen MR) is 76.2 cm³/mol. The predicted octanol–water partition coefficient (Wildman–Crippen LogP) is 2.21. The Morgan fingerprint density at radius 3 is 2.80 bits per heavy atom. The third-order valence-electron chi connectivity index (χ3n) is 2.51. The number of nitrogens with zero attached hydrogens (tertiary/aromatic N) is 1. The van der Waals surface area contributed by atoms with Crippen molar-refractivity contribution in [3.05, 3.63) is 46.4 Å². The standard InChI is InChI=1S/C13H13N3O3S/c17-12(18)9-3-1-2-4-10(9)16-13(19)15-6-5-11-14-7-8-20-11/h1-4,7-8H,5-6H2,(H,17,18)(H2,15,16,19). The van der Waals surface area contributed by atoms with E-state index in [1.807, 2.05) is 5.38 Å². The second kappa shape index (κ2) is 6.67. The molecule has 2 rings (SSSR count). The van der Waals surface area contributed by atoms with Crippen LogP contribution >= 0.6 is 11.3 Å². The Labute approximate surface area is 119 Å². The molecule has 3 N–H and O–H groups in total. The Balaban J connectivity index is 1.87. The lowest BCUT2D eigenvalue weighted by Gasteiger charge is -2.09. The van der Waals surface area contributed by atoms with Crippen molar-refractivity contribution < 1.29 is 14.7 Å². The van der Waals surface area contributed by atoms with Crippen LogP contribution in [0.5, 0.6) is 0 Å². The van der Waals surface area contributed by atoms with E-state index in [0.29, 0.717) is 13.0 Å². The number of rotatable bonds is 5. The maximum absolute atomic E-state index is 11.7. The number of aromatic nitrogens is 1. The van der Waals surface area contributed by atoms with Gasteiger partial charge in [0.05, 0.1) is 16.3 Å². The molecule has 0 spiro atoms. The van der Waals surface area contributed by atoms with E-state index in [1.165, 1.54) is 17.4 Å². The van der Waals surface area contributed by atoms with Gasteiger partial charge < -0.3 is 15.7 Å². The third kappa shape index (κ3) is 3.79. The number of urea groups is 1. The summed E-state index contributed by atoms with van der Waals surface area (Å²) in [7, 11) is 0. The van der Waals surface area contributed by atoms with E-state index >= 15 is 0 Å². The maximum atomic E-state index is 11.7. The van der Waals surface area contributed by atoms with Crippen LogP contribution in [0.4, 0.5) is 10.5 Å². The van der Waals surface area contributed by atoms with Gasteiger partial charge >= 0.3 is 12.0 Å².